The number of nitrogens with two attached hydrogens (primary N) is 1. The number of nitrogens with zero attached hydrogens (tertiary/aromatic N) is 3. The summed E-state index contributed by atoms with van der Waals surface area (Å²) in [4.78, 5) is 18.9. The van der Waals surface area contributed by atoms with Crippen LogP contribution in [0.4, 0.5) is 0 Å². The van der Waals surface area contributed by atoms with E-state index in [1.165, 1.54) is 0 Å². The molecule has 0 radical (unpaired) electrons. The van der Waals surface area contributed by atoms with E-state index in [0.717, 1.165) is 5.56 Å². The smallest absolute Gasteiger partial charge is 0.240 e. The highest BCUT2D eigenvalue weighted by atomic mass is 16.5. The minimum absolute atomic E-state index is 0.0698. The number of pyridine rings is 1. The molecule has 2 aromatic heterocycles. The van der Waals surface area contributed by atoms with Gasteiger partial charge in [0.2, 0.25) is 17.6 Å². The van der Waals surface area contributed by atoms with Crippen molar-refractivity contribution in [3.8, 4) is 11.5 Å². The molecule has 2 heterocycles. The maximum atomic E-state index is 10.5. The summed E-state index contributed by atoms with van der Waals surface area (Å²) < 4.78 is 5.04. The molecule has 18 heavy (non-hydrogen) atoms. The van der Waals surface area contributed by atoms with Crippen LogP contribution in [-0.2, 0) is 11.3 Å². The lowest BCUT2D eigenvalue weighted by Gasteiger charge is -1.97. The summed E-state index contributed by atoms with van der Waals surface area (Å²) in [6.07, 6.45) is 1.67. The standard InChI is InChI=1S/C11H13N5O2/c1-7-3-2-4-14-10(7)11-15-9(18-16-11)6-13-5-8(12)17/h2-4,13H,5-6H2,1H3,(H2,12,17). The summed E-state index contributed by atoms with van der Waals surface area (Å²) in [7, 11) is 0. The minimum atomic E-state index is -0.435. The second kappa shape index (κ2) is 5.37. The van der Waals surface area contributed by atoms with Crippen molar-refractivity contribution in [1.82, 2.24) is 20.4 Å². The molecule has 0 saturated heterocycles. The average molecular weight is 247 g/mol. The van der Waals surface area contributed by atoms with Crippen molar-refractivity contribution in [3.05, 3.63) is 29.8 Å². The topological polar surface area (TPSA) is 107 Å². The van der Waals surface area contributed by atoms with E-state index in [9.17, 15) is 4.79 Å². The van der Waals surface area contributed by atoms with E-state index in [1.807, 2.05) is 19.1 Å². The largest absolute Gasteiger partial charge is 0.369 e. The van der Waals surface area contributed by atoms with E-state index in [4.69, 9.17) is 10.3 Å². The van der Waals surface area contributed by atoms with Crippen LogP contribution in [0.3, 0.4) is 0 Å². The fourth-order valence-corrected chi connectivity index (χ4v) is 1.44. The van der Waals surface area contributed by atoms with Gasteiger partial charge in [0.15, 0.2) is 0 Å². The first-order valence-electron chi connectivity index (χ1n) is 5.40. The summed E-state index contributed by atoms with van der Waals surface area (Å²) in [5, 5.41) is 6.63. The molecular weight excluding hydrogens is 234 g/mol. The number of nitrogens with one attached hydrogen (secondary N) is 1. The number of hydrogen-bond donors (Lipinski definition) is 2. The van der Waals surface area contributed by atoms with Crippen molar-refractivity contribution in [2.24, 2.45) is 5.73 Å². The summed E-state index contributed by atoms with van der Waals surface area (Å²) in [6, 6.07) is 3.76. The highest BCUT2D eigenvalue weighted by molar-refractivity contribution is 5.75. The molecule has 2 aromatic rings. The zero-order valence-corrected chi connectivity index (χ0v) is 9.88. The lowest BCUT2D eigenvalue weighted by atomic mass is 10.2. The van der Waals surface area contributed by atoms with Gasteiger partial charge in [-0.3, -0.25) is 15.1 Å². The Kier molecular flexibility index (Phi) is 3.63. The van der Waals surface area contributed by atoms with E-state index in [0.29, 0.717) is 24.0 Å². The Hall–Kier alpha value is -2.28. The predicted octanol–water partition coefficient (Wildman–Crippen LogP) is 0.0149. The highest BCUT2D eigenvalue weighted by Crippen LogP contribution is 2.16. The molecule has 1 amide bonds. The molecule has 7 nitrogen and oxygen atoms in total. The Morgan fingerprint density at radius 3 is 3.11 bits per heavy atom. The van der Waals surface area contributed by atoms with Crippen molar-refractivity contribution in [2.45, 2.75) is 13.5 Å². The molecule has 0 aliphatic rings. The van der Waals surface area contributed by atoms with Gasteiger partial charge in [-0.25, -0.2) is 0 Å². The Bertz CT molecular complexity index is 552. The van der Waals surface area contributed by atoms with Crippen LogP contribution in [0, 0.1) is 6.92 Å². The van der Waals surface area contributed by atoms with Crippen LogP contribution in [0.15, 0.2) is 22.9 Å². The number of hydrogen-bond acceptors (Lipinski definition) is 6. The second-order valence-electron chi connectivity index (χ2n) is 3.75. The van der Waals surface area contributed by atoms with Crippen molar-refractivity contribution in [3.63, 3.8) is 0 Å². The summed E-state index contributed by atoms with van der Waals surface area (Å²) in [5.74, 6) is 0.385. The maximum absolute atomic E-state index is 10.5. The van der Waals surface area contributed by atoms with Crippen LogP contribution in [0.5, 0.6) is 0 Å². The van der Waals surface area contributed by atoms with Crippen LogP contribution in [0.2, 0.25) is 0 Å². The Balaban J connectivity index is 2.06. The number of primary amides is 1. The molecule has 0 aliphatic carbocycles. The molecule has 7 heteroatoms. The Morgan fingerprint density at radius 1 is 1.56 bits per heavy atom. The third-order valence-electron chi connectivity index (χ3n) is 2.26. The van der Waals surface area contributed by atoms with Crippen LogP contribution in [-0.4, -0.2) is 27.6 Å². The second-order valence-corrected chi connectivity index (χ2v) is 3.75. The fraction of sp³-hybridized carbons (Fsp3) is 0.273. The molecule has 2 rings (SSSR count). The van der Waals surface area contributed by atoms with Gasteiger partial charge in [-0.1, -0.05) is 11.2 Å². The van der Waals surface area contributed by atoms with Crippen molar-refractivity contribution in [1.29, 1.82) is 0 Å². The summed E-state index contributed by atoms with van der Waals surface area (Å²) in [6.45, 7) is 2.28. The van der Waals surface area contributed by atoms with Crippen molar-refractivity contribution >= 4 is 5.91 Å². The maximum Gasteiger partial charge on any atom is 0.240 e. The van der Waals surface area contributed by atoms with Crippen LogP contribution in [0.25, 0.3) is 11.5 Å². The first kappa shape index (κ1) is 12.2. The SMILES string of the molecule is Cc1cccnc1-c1noc(CNCC(N)=O)n1. The lowest BCUT2D eigenvalue weighted by Crippen LogP contribution is -2.28. The number of carbonyl (C=O) groups is 1. The summed E-state index contributed by atoms with van der Waals surface area (Å²) in [5.41, 5.74) is 6.64. The monoisotopic (exact) mass is 247 g/mol. The first-order valence-corrected chi connectivity index (χ1v) is 5.40. The van der Waals surface area contributed by atoms with Crippen LogP contribution < -0.4 is 11.1 Å². The Labute approximate surface area is 103 Å². The van der Waals surface area contributed by atoms with Crippen LogP contribution in [0.1, 0.15) is 11.5 Å². The van der Waals surface area contributed by atoms with Gasteiger partial charge < -0.3 is 10.3 Å². The average Bonchev–Trinajstić information content (AvgIpc) is 2.78. The van der Waals surface area contributed by atoms with E-state index in [1.54, 1.807) is 6.20 Å². The van der Waals surface area contributed by atoms with Gasteiger partial charge in [0, 0.05) is 6.20 Å². The molecule has 0 aromatic carbocycles. The molecule has 0 bridgehead atoms. The van der Waals surface area contributed by atoms with E-state index in [-0.39, 0.29) is 6.54 Å². The van der Waals surface area contributed by atoms with E-state index in [2.05, 4.69) is 20.4 Å². The van der Waals surface area contributed by atoms with Crippen molar-refractivity contribution in [2.75, 3.05) is 6.54 Å². The van der Waals surface area contributed by atoms with Gasteiger partial charge in [0.05, 0.1) is 13.1 Å². The number of aryl methyl sites for hydroxylation is 1. The lowest BCUT2D eigenvalue weighted by molar-refractivity contribution is -0.117. The number of aromatic nitrogens is 3. The molecule has 0 atom stereocenters. The molecule has 0 unspecified atom stereocenters. The zero-order chi connectivity index (χ0) is 13.0. The van der Waals surface area contributed by atoms with Crippen LogP contribution >= 0.6 is 0 Å². The van der Waals surface area contributed by atoms with Crippen molar-refractivity contribution < 1.29 is 9.32 Å². The van der Waals surface area contributed by atoms with Gasteiger partial charge in [-0.2, -0.15) is 4.98 Å². The van der Waals surface area contributed by atoms with E-state index < -0.39 is 5.91 Å². The minimum Gasteiger partial charge on any atom is -0.369 e. The molecule has 0 fully saturated rings. The normalized spacial score (nSPS) is 10.5. The van der Waals surface area contributed by atoms with E-state index >= 15 is 0 Å². The molecule has 0 saturated carbocycles. The Morgan fingerprint density at radius 2 is 2.39 bits per heavy atom. The molecule has 0 spiro atoms. The number of carbonyl (C=O) groups excluding carboxylic acids is 1. The van der Waals surface area contributed by atoms with Gasteiger partial charge in [0.1, 0.15) is 5.69 Å². The third-order valence-corrected chi connectivity index (χ3v) is 2.26. The van der Waals surface area contributed by atoms with Gasteiger partial charge >= 0.3 is 0 Å². The van der Waals surface area contributed by atoms with Gasteiger partial charge in [-0.05, 0) is 18.6 Å². The highest BCUT2D eigenvalue weighted by Gasteiger charge is 2.11. The predicted molar refractivity (Wildman–Crippen MR) is 63.2 cm³/mol. The number of amides is 1. The molecule has 94 valence electrons. The number of rotatable bonds is 5. The fourth-order valence-electron chi connectivity index (χ4n) is 1.44. The zero-order valence-electron chi connectivity index (χ0n) is 9.88. The van der Waals surface area contributed by atoms with Gasteiger partial charge in [-0.15, -0.1) is 0 Å². The third kappa shape index (κ3) is 2.89. The summed E-state index contributed by atoms with van der Waals surface area (Å²) >= 11 is 0. The first-order chi connectivity index (χ1) is 8.66. The van der Waals surface area contributed by atoms with Gasteiger partial charge in [0.25, 0.3) is 0 Å². The molecule has 3 N–H and O–H groups in total. The quantitative estimate of drug-likeness (QED) is 0.771. The molecule has 0 aliphatic heterocycles. The molecular formula is C11H13N5O2.